The number of carbonyl (C=O) groups is 1. The highest BCUT2D eigenvalue weighted by atomic mass is 79.9. The van der Waals surface area contributed by atoms with E-state index in [1.165, 1.54) is 23.5 Å². The van der Waals surface area contributed by atoms with Gasteiger partial charge in [-0.3, -0.25) is 4.79 Å². The van der Waals surface area contributed by atoms with Crippen LogP contribution in [0.3, 0.4) is 0 Å². The summed E-state index contributed by atoms with van der Waals surface area (Å²) in [5.41, 5.74) is 0.760. The second-order valence-electron chi connectivity index (χ2n) is 5.91. The Morgan fingerprint density at radius 3 is 2.50 bits per heavy atom. The smallest absolute Gasteiger partial charge is 0.256 e. The maximum Gasteiger partial charge on any atom is 0.256 e. The van der Waals surface area contributed by atoms with Crippen molar-refractivity contribution in [1.82, 2.24) is 4.31 Å². The third-order valence-corrected chi connectivity index (χ3v) is 6.83. The molecule has 2 aromatic carbocycles. The topological polar surface area (TPSA) is 75.7 Å². The van der Waals surface area contributed by atoms with Crippen LogP contribution in [0.5, 0.6) is 5.75 Å². The second kappa shape index (κ2) is 7.77. The molecule has 3 rings (SSSR count). The van der Waals surface area contributed by atoms with Gasteiger partial charge in [0.2, 0.25) is 10.0 Å². The number of hydrogen-bond donors (Lipinski definition) is 1. The van der Waals surface area contributed by atoms with Gasteiger partial charge in [0.25, 0.3) is 5.91 Å². The molecular weight excluding hydrogens is 420 g/mol. The van der Waals surface area contributed by atoms with Crippen molar-refractivity contribution in [2.45, 2.75) is 17.7 Å². The van der Waals surface area contributed by atoms with Crippen molar-refractivity contribution in [1.29, 1.82) is 0 Å². The van der Waals surface area contributed by atoms with E-state index in [1.807, 2.05) is 6.07 Å². The molecule has 0 saturated carbocycles. The lowest BCUT2D eigenvalue weighted by molar-refractivity contribution is 0.102. The van der Waals surface area contributed by atoms with Crippen LogP contribution in [0.1, 0.15) is 23.2 Å². The molecule has 1 amide bonds. The highest BCUT2D eigenvalue weighted by Crippen LogP contribution is 2.31. The Morgan fingerprint density at radius 1 is 1.15 bits per heavy atom. The first-order chi connectivity index (χ1) is 12.4. The molecule has 0 aromatic heterocycles. The van der Waals surface area contributed by atoms with Crippen LogP contribution in [-0.4, -0.2) is 38.8 Å². The van der Waals surface area contributed by atoms with E-state index < -0.39 is 10.0 Å². The average Bonchev–Trinajstić information content (AvgIpc) is 3.17. The highest BCUT2D eigenvalue weighted by molar-refractivity contribution is 9.10. The summed E-state index contributed by atoms with van der Waals surface area (Å²) in [5.74, 6) is 0.0391. The first kappa shape index (κ1) is 18.9. The predicted molar refractivity (Wildman–Crippen MR) is 103 cm³/mol. The molecule has 0 bridgehead atoms. The van der Waals surface area contributed by atoms with Gasteiger partial charge >= 0.3 is 0 Å². The minimum Gasteiger partial charge on any atom is -0.495 e. The number of nitrogens with one attached hydrogen (secondary N) is 1. The Balaban J connectivity index is 1.93. The van der Waals surface area contributed by atoms with Crippen molar-refractivity contribution in [2.75, 3.05) is 25.5 Å². The average molecular weight is 439 g/mol. The van der Waals surface area contributed by atoms with Crippen LogP contribution < -0.4 is 10.1 Å². The summed E-state index contributed by atoms with van der Waals surface area (Å²) in [6.07, 6.45) is 1.72. The van der Waals surface area contributed by atoms with Gasteiger partial charge in [0, 0.05) is 17.6 Å². The summed E-state index contributed by atoms with van der Waals surface area (Å²) in [6.45, 7) is 1.04. The summed E-state index contributed by atoms with van der Waals surface area (Å²) < 4.78 is 32.9. The summed E-state index contributed by atoms with van der Waals surface area (Å²) in [4.78, 5) is 12.7. The van der Waals surface area contributed by atoms with Crippen LogP contribution in [0.15, 0.2) is 51.8 Å². The molecule has 1 saturated heterocycles. The van der Waals surface area contributed by atoms with Crippen molar-refractivity contribution < 1.29 is 17.9 Å². The van der Waals surface area contributed by atoms with E-state index in [0.29, 0.717) is 34.6 Å². The second-order valence-corrected chi connectivity index (χ2v) is 8.70. The maximum atomic E-state index is 12.8. The Labute approximate surface area is 161 Å². The van der Waals surface area contributed by atoms with E-state index in [1.54, 1.807) is 24.3 Å². The van der Waals surface area contributed by atoms with Crippen LogP contribution in [0.2, 0.25) is 0 Å². The van der Waals surface area contributed by atoms with Crippen LogP contribution in [0, 0.1) is 0 Å². The Kier molecular flexibility index (Phi) is 5.64. The van der Waals surface area contributed by atoms with Gasteiger partial charge in [-0.2, -0.15) is 4.31 Å². The number of anilines is 1. The molecule has 0 radical (unpaired) electrons. The number of hydrogen-bond acceptors (Lipinski definition) is 4. The molecule has 1 aliphatic rings. The van der Waals surface area contributed by atoms with Gasteiger partial charge in [0.1, 0.15) is 5.75 Å². The van der Waals surface area contributed by atoms with Crippen molar-refractivity contribution >= 4 is 37.5 Å². The number of sulfonamides is 1. The van der Waals surface area contributed by atoms with E-state index in [0.717, 1.165) is 12.8 Å². The lowest BCUT2D eigenvalue weighted by Gasteiger charge is -2.17. The lowest BCUT2D eigenvalue weighted by atomic mass is 10.2. The molecule has 0 unspecified atom stereocenters. The van der Waals surface area contributed by atoms with Crippen molar-refractivity contribution in [3.05, 3.63) is 52.5 Å². The first-order valence-electron chi connectivity index (χ1n) is 8.17. The minimum absolute atomic E-state index is 0.141. The highest BCUT2D eigenvalue weighted by Gasteiger charge is 2.28. The van der Waals surface area contributed by atoms with Gasteiger partial charge in [-0.15, -0.1) is 0 Å². The summed E-state index contributed by atoms with van der Waals surface area (Å²) in [5, 5.41) is 2.74. The molecule has 1 N–H and O–H groups in total. The Hall–Kier alpha value is -1.90. The summed E-state index contributed by atoms with van der Waals surface area (Å²) in [7, 11) is -2.11. The van der Waals surface area contributed by atoms with Gasteiger partial charge in [0.05, 0.1) is 23.3 Å². The largest absolute Gasteiger partial charge is 0.495 e. The van der Waals surface area contributed by atoms with E-state index in [9.17, 15) is 13.2 Å². The molecule has 0 atom stereocenters. The molecule has 2 aromatic rings. The van der Waals surface area contributed by atoms with Gasteiger partial charge in [0.15, 0.2) is 0 Å². The minimum atomic E-state index is -3.58. The van der Waals surface area contributed by atoms with E-state index in [4.69, 9.17) is 4.74 Å². The number of carbonyl (C=O) groups excluding carboxylic acids is 1. The van der Waals surface area contributed by atoms with Crippen LogP contribution >= 0.6 is 15.9 Å². The molecular formula is C18H19BrN2O4S. The van der Waals surface area contributed by atoms with Gasteiger partial charge in [-0.1, -0.05) is 12.1 Å². The van der Waals surface area contributed by atoms with E-state index in [-0.39, 0.29) is 10.8 Å². The summed E-state index contributed by atoms with van der Waals surface area (Å²) >= 11 is 3.34. The van der Waals surface area contributed by atoms with Crippen LogP contribution in [0.25, 0.3) is 0 Å². The molecule has 1 heterocycles. The van der Waals surface area contributed by atoms with Crippen molar-refractivity contribution in [3.8, 4) is 5.75 Å². The SMILES string of the molecule is COc1ccc(S(=O)(=O)N2CCCC2)cc1NC(=O)c1ccccc1Br. The normalized spacial score (nSPS) is 15.0. The predicted octanol–water partition coefficient (Wildman–Crippen LogP) is 3.49. The van der Waals surface area contributed by atoms with Crippen LogP contribution in [0.4, 0.5) is 5.69 Å². The lowest BCUT2D eigenvalue weighted by Crippen LogP contribution is -2.28. The Morgan fingerprint density at radius 2 is 1.85 bits per heavy atom. The fraction of sp³-hybridized carbons (Fsp3) is 0.278. The molecule has 1 aliphatic heterocycles. The number of halogens is 1. The molecule has 0 spiro atoms. The fourth-order valence-corrected chi connectivity index (χ4v) is 4.87. The van der Waals surface area contributed by atoms with E-state index in [2.05, 4.69) is 21.2 Å². The molecule has 1 fully saturated rings. The third-order valence-electron chi connectivity index (χ3n) is 4.24. The number of methoxy groups -OCH3 is 1. The third kappa shape index (κ3) is 3.77. The van der Waals surface area contributed by atoms with Gasteiger partial charge in [-0.25, -0.2) is 8.42 Å². The van der Waals surface area contributed by atoms with Crippen molar-refractivity contribution in [3.63, 3.8) is 0 Å². The van der Waals surface area contributed by atoms with Gasteiger partial charge < -0.3 is 10.1 Å². The Bertz CT molecular complexity index is 925. The summed E-state index contributed by atoms with van der Waals surface area (Å²) in [6, 6.07) is 11.5. The first-order valence-corrected chi connectivity index (χ1v) is 10.4. The van der Waals surface area contributed by atoms with Gasteiger partial charge in [-0.05, 0) is 59.1 Å². The number of nitrogens with zero attached hydrogens (tertiary/aromatic N) is 1. The maximum absolute atomic E-state index is 12.8. The molecule has 26 heavy (non-hydrogen) atoms. The quantitative estimate of drug-likeness (QED) is 0.774. The number of benzene rings is 2. The molecule has 8 heteroatoms. The molecule has 6 nitrogen and oxygen atoms in total. The standard InChI is InChI=1S/C18H19BrN2O4S/c1-25-17-9-8-13(26(23,24)21-10-4-5-11-21)12-16(17)20-18(22)14-6-2-3-7-15(14)19/h2-3,6-9,12H,4-5,10-11H2,1H3,(H,20,22). The number of rotatable bonds is 5. The number of ether oxygens (including phenoxy) is 1. The zero-order chi connectivity index (χ0) is 18.7. The van der Waals surface area contributed by atoms with E-state index >= 15 is 0 Å². The number of amides is 1. The van der Waals surface area contributed by atoms with Crippen molar-refractivity contribution in [2.24, 2.45) is 0 Å². The zero-order valence-electron chi connectivity index (χ0n) is 14.2. The monoisotopic (exact) mass is 438 g/mol. The van der Waals surface area contributed by atoms with Crippen LogP contribution in [-0.2, 0) is 10.0 Å². The fourth-order valence-electron chi connectivity index (χ4n) is 2.86. The molecule has 0 aliphatic carbocycles. The molecule has 138 valence electrons. The zero-order valence-corrected chi connectivity index (χ0v) is 16.6.